The number of carbonyl (C=O) groups is 1. The zero-order valence-corrected chi connectivity index (χ0v) is 32.3. The standard InChI is InChI=1S/C41H58ClN5O3S/c1-28-6-4-7-32(23-45-18-19-46-17-16-43-22-35(46)25-45)36-12-9-33(36)24-47-26-41(15-5-8-30-20-34(42)11-13-37(30)41)27-50-39-14-10-31(21-38(39)47)40(48)44-51(3,49)29(28)2/h10-11,13-14,20-21,28-29,32-33,35-36,43H,3-9,12,15-19,22-27H2,1-2H3,(H,44,48,49)/t28-,29+,32+,33-,35+,36-,41-,51?/m0/s1. The molecule has 2 aliphatic carbocycles. The lowest BCUT2D eigenvalue weighted by molar-refractivity contribution is 0.0207. The van der Waals surface area contributed by atoms with Gasteiger partial charge in [0.2, 0.25) is 0 Å². The van der Waals surface area contributed by atoms with E-state index in [4.69, 9.17) is 16.3 Å². The van der Waals surface area contributed by atoms with Gasteiger partial charge in [0.25, 0.3) is 5.91 Å². The summed E-state index contributed by atoms with van der Waals surface area (Å²) in [6.07, 6.45) is 9.00. The van der Waals surface area contributed by atoms with Gasteiger partial charge in [0.15, 0.2) is 0 Å². The number of rotatable bonds is 2. The van der Waals surface area contributed by atoms with Crippen LogP contribution in [0, 0.1) is 23.7 Å². The average molecular weight is 736 g/mol. The minimum absolute atomic E-state index is 0.167. The fourth-order valence-corrected chi connectivity index (χ4v) is 12.2. The van der Waals surface area contributed by atoms with E-state index >= 15 is 0 Å². The number of carbonyl (C=O) groups excluding carboxylic acids is 1. The molecular formula is C41H58ClN5O3S. The number of hydrogen-bond acceptors (Lipinski definition) is 7. The number of nitrogens with zero attached hydrogens (tertiary/aromatic N) is 3. The van der Waals surface area contributed by atoms with E-state index in [1.165, 1.54) is 50.0 Å². The molecule has 2 N–H and O–H groups in total. The Kier molecular flexibility index (Phi) is 10.2. The molecule has 8 nitrogen and oxygen atoms in total. The third kappa shape index (κ3) is 7.19. The molecule has 8 rings (SSSR count). The van der Waals surface area contributed by atoms with E-state index in [1.54, 1.807) is 0 Å². The van der Waals surface area contributed by atoms with Crippen LogP contribution in [-0.4, -0.2) is 103 Å². The Morgan fingerprint density at radius 1 is 1.04 bits per heavy atom. The molecule has 51 heavy (non-hydrogen) atoms. The number of nitrogens with one attached hydrogen (secondary N) is 2. The highest BCUT2D eigenvalue weighted by atomic mass is 35.5. The van der Waals surface area contributed by atoms with Gasteiger partial charge in [-0.15, -0.1) is 0 Å². The van der Waals surface area contributed by atoms with Crippen molar-refractivity contribution >= 4 is 38.8 Å². The maximum atomic E-state index is 14.0. The minimum atomic E-state index is -2.87. The first kappa shape index (κ1) is 35.7. The van der Waals surface area contributed by atoms with Crippen molar-refractivity contribution in [2.45, 2.75) is 81.9 Å². The van der Waals surface area contributed by atoms with Gasteiger partial charge in [-0.05, 0) is 123 Å². The van der Waals surface area contributed by atoms with Crippen LogP contribution in [0.5, 0.6) is 5.75 Å². The monoisotopic (exact) mass is 735 g/mol. The summed E-state index contributed by atoms with van der Waals surface area (Å²) in [7, 11) is -2.87. The van der Waals surface area contributed by atoms with Crippen LogP contribution in [0.3, 0.4) is 0 Å². The number of amides is 1. The predicted octanol–water partition coefficient (Wildman–Crippen LogP) is 5.61. The second-order valence-electron chi connectivity index (χ2n) is 17.0. The van der Waals surface area contributed by atoms with Crippen LogP contribution in [0.15, 0.2) is 36.4 Å². The molecule has 3 fully saturated rings. The first-order valence-corrected chi connectivity index (χ1v) is 21.9. The van der Waals surface area contributed by atoms with Gasteiger partial charge in [-0.25, -0.2) is 4.21 Å². The summed E-state index contributed by atoms with van der Waals surface area (Å²) < 4.78 is 23.7. The molecular weight excluding hydrogens is 678 g/mol. The molecule has 4 heterocycles. The fraction of sp³-hybridized carbons (Fsp3) is 0.659. The molecule has 4 aliphatic heterocycles. The van der Waals surface area contributed by atoms with Gasteiger partial charge in [-0.2, -0.15) is 0 Å². The second kappa shape index (κ2) is 14.5. The van der Waals surface area contributed by atoms with E-state index in [0.717, 1.165) is 87.8 Å². The third-order valence-electron chi connectivity index (χ3n) is 13.9. The van der Waals surface area contributed by atoms with Crippen molar-refractivity contribution in [1.29, 1.82) is 0 Å². The number of benzene rings is 2. The van der Waals surface area contributed by atoms with Gasteiger partial charge >= 0.3 is 0 Å². The van der Waals surface area contributed by atoms with Gasteiger partial charge in [0.05, 0.1) is 22.0 Å². The van der Waals surface area contributed by atoms with E-state index in [9.17, 15) is 9.00 Å². The summed E-state index contributed by atoms with van der Waals surface area (Å²) in [4.78, 5) is 21.8. The number of aryl methyl sites for hydroxylation is 1. The van der Waals surface area contributed by atoms with Gasteiger partial charge in [-0.3, -0.25) is 14.4 Å². The zero-order chi connectivity index (χ0) is 35.3. The molecule has 1 amide bonds. The number of anilines is 1. The van der Waals surface area contributed by atoms with E-state index in [2.05, 4.69) is 49.7 Å². The average Bonchev–Trinajstić information content (AvgIpc) is 3.25. The Morgan fingerprint density at radius 3 is 2.76 bits per heavy atom. The molecule has 1 spiro atoms. The van der Waals surface area contributed by atoms with E-state index < -0.39 is 9.71 Å². The van der Waals surface area contributed by atoms with Gasteiger partial charge < -0.3 is 19.9 Å². The summed E-state index contributed by atoms with van der Waals surface area (Å²) >= 11 is 6.52. The molecule has 6 aliphatic rings. The van der Waals surface area contributed by atoms with Crippen molar-refractivity contribution in [3.63, 3.8) is 0 Å². The molecule has 2 aromatic carbocycles. The molecule has 2 bridgehead atoms. The quantitative estimate of drug-likeness (QED) is 0.389. The van der Waals surface area contributed by atoms with Gasteiger partial charge in [0, 0.05) is 86.2 Å². The Hall–Kier alpha value is -2.30. The van der Waals surface area contributed by atoms with Crippen molar-refractivity contribution in [2.24, 2.45) is 23.7 Å². The molecule has 278 valence electrons. The number of ether oxygens (including phenoxy) is 1. The van der Waals surface area contributed by atoms with E-state index in [0.29, 0.717) is 36.0 Å². The number of piperazine rings is 2. The molecule has 0 aromatic heterocycles. The largest absolute Gasteiger partial charge is 0.490 e. The fourth-order valence-electron chi connectivity index (χ4n) is 10.5. The Balaban J connectivity index is 1.14. The van der Waals surface area contributed by atoms with Crippen LogP contribution in [0.1, 0.15) is 80.3 Å². The smallest absolute Gasteiger partial charge is 0.262 e. The van der Waals surface area contributed by atoms with Crippen molar-refractivity contribution in [2.75, 3.05) is 70.4 Å². The second-order valence-corrected chi connectivity index (χ2v) is 19.8. The summed E-state index contributed by atoms with van der Waals surface area (Å²) in [5.74, 6) is 6.69. The molecule has 8 atom stereocenters. The van der Waals surface area contributed by atoms with E-state index in [-0.39, 0.29) is 22.5 Å². The molecule has 2 aromatic rings. The Labute approximate surface area is 311 Å². The van der Waals surface area contributed by atoms with Crippen LogP contribution < -0.4 is 19.7 Å². The highest BCUT2D eigenvalue weighted by Gasteiger charge is 2.45. The molecule has 2 saturated heterocycles. The summed E-state index contributed by atoms with van der Waals surface area (Å²) in [5, 5.41) is 4.20. The lowest BCUT2D eigenvalue weighted by Crippen LogP contribution is -2.61. The lowest BCUT2D eigenvalue weighted by Gasteiger charge is -2.49. The van der Waals surface area contributed by atoms with Crippen LogP contribution >= 0.6 is 11.6 Å². The maximum Gasteiger partial charge on any atom is 0.262 e. The molecule has 0 radical (unpaired) electrons. The summed E-state index contributed by atoms with van der Waals surface area (Å²) in [6.45, 7) is 14.6. The van der Waals surface area contributed by atoms with Gasteiger partial charge in [0.1, 0.15) is 5.75 Å². The lowest BCUT2D eigenvalue weighted by atomic mass is 9.65. The Bertz CT molecular complexity index is 1720. The zero-order valence-electron chi connectivity index (χ0n) is 30.7. The highest BCUT2D eigenvalue weighted by molar-refractivity contribution is 7.99. The van der Waals surface area contributed by atoms with Crippen molar-refractivity contribution in [3.8, 4) is 5.75 Å². The first-order chi connectivity index (χ1) is 24.6. The summed E-state index contributed by atoms with van der Waals surface area (Å²) in [5.41, 5.74) is 4.01. The maximum absolute atomic E-state index is 14.0. The predicted molar refractivity (Wildman–Crippen MR) is 210 cm³/mol. The van der Waals surface area contributed by atoms with Crippen molar-refractivity contribution in [3.05, 3.63) is 58.1 Å². The van der Waals surface area contributed by atoms with Gasteiger partial charge in [-0.1, -0.05) is 31.0 Å². The summed E-state index contributed by atoms with van der Waals surface area (Å²) in [6, 6.07) is 12.8. The van der Waals surface area contributed by atoms with E-state index in [1.807, 2.05) is 31.2 Å². The van der Waals surface area contributed by atoms with Crippen LogP contribution in [0.4, 0.5) is 5.69 Å². The van der Waals surface area contributed by atoms with Crippen molar-refractivity contribution in [1.82, 2.24) is 19.8 Å². The first-order valence-electron chi connectivity index (χ1n) is 19.7. The normalized spacial score (nSPS) is 36.5. The van der Waals surface area contributed by atoms with Crippen LogP contribution in [0.2, 0.25) is 5.02 Å². The van der Waals surface area contributed by atoms with Crippen LogP contribution in [-0.2, 0) is 21.5 Å². The number of fused-ring (bicyclic) bond motifs is 5. The molecule has 1 saturated carbocycles. The highest BCUT2D eigenvalue weighted by Crippen LogP contribution is 2.48. The number of hydrogen-bond donors (Lipinski definition) is 2. The minimum Gasteiger partial charge on any atom is -0.490 e. The SMILES string of the molecule is C=S1(=O)NC(=O)c2ccc3c(c2)N(C[C@@H]2CC[C@H]2[C@@H](CN2CCN4CCNC[C@@H]4C2)CCC[C@H](C)[C@H]1C)C[C@@]1(CCCc2cc(Cl)ccc21)CO3. The van der Waals surface area contributed by atoms with Crippen LogP contribution in [0.25, 0.3) is 0 Å². The molecule has 1 unspecified atom stereocenters. The van der Waals surface area contributed by atoms with Crippen molar-refractivity contribution < 1.29 is 13.7 Å². The third-order valence-corrected chi connectivity index (χ3v) is 16.3. The molecule has 10 heteroatoms. The topological polar surface area (TPSA) is 77.2 Å². The number of halogens is 1. The Morgan fingerprint density at radius 2 is 1.92 bits per heavy atom.